The van der Waals surface area contributed by atoms with Crippen molar-refractivity contribution in [2.45, 2.75) is 25.8 Å². The summed E-state index contributed by atoms with van der Waals surface area (Å²) in [6, 6.07) is 5.03. The average molecular weight is 426 g/mol. The van der Waals surface area contributed by atoms with Crippen LogP contribution in [0.5, 0.6) is 11.8 Å². The molecule has 2 heterocycles. The van der Waals surface area contributed by atoms with Crippen LogP contribution in [0.25, 0.3) is 0 Å². The maximum Gasteiger partial charge on any atom is 0.321 e. The number of hydrogen-bond acceptors (Lipinski definition) is 7. The van der Waals surface area contributed by atoms with Gasteiger partial charge in [0.05, 0.1) is 18.7 Å². The molecule has 1 aliphatic heterocycles. The van der Waals surface area contributed by atoms with Crippen molar-refractivity contribution in [2.24, 2.45) is 0 Å². The van der Waals surface area contributed by atoms with Crippen LogP contribution in [0.4, 0.5) is 5.95 Å². The zero-order chi connectivity index (χ0) is 19.9. The van der Waals surface area contributed by atoms with E-state index in [1.54, 1.807) is 18.2 Å². The topological polar surface area (TPSA) is 89.5 Å². The molecule has 3 rings (SSSR count). The molecule has 0 bridgehead atoms. The lowest BCUT2D eigenvalue weighted by Crippen LogP contribution is -2.32. The number of nitrogens with one attached hydrogen (secondary N) is 1. The summed E-state index contributed by atoms with van der Waals surface area (Å²) < 4.78 is 10.6. The van der Waals surface area contributed by atoms with Crippen LogP contribution in [0.1, 0.15) is 25.1 Å². The van der Waals surface area contributed by atoms with Gasteiger partial charge in [-0.15, -0.1) is 0 Å². The Morgan fingerprint density at radius 3 is 2.68 bits per heavy atom. The summed E-state index contributed by atoms with van der Waals surface area (Å²) in [5, 5.41) is 3.56. The number of rotatable bonds is 7. The molecule has 1 saturated heterocycles. The second-order valence-corrected chi connectivity index (χ2v) is 7.07. The molecular formula is C18H21Cl2N5O3. The van der Waals surface area contributed by atoms with Crippen LogP contribution in [-0.2, 0) is 11.3 Å². The van der Waals surface area contributed by atoms with E-state index in [0.29, 0.717) is 27.6 Å². The Labute approximate surface area is 173 Å². The Morgan fingerprint density at radius 2 is 1.96 bits per heavy atom. The minimum absolute atomic E-state index is 0.135. The van der Waals surface area contributed by atoms with E-state index in [-0.39, 0.29) is 25.1 Å². The maximum atomic E-state index is 12.1. The first kappa shape index (κ1) is 20.4. The highest BCUT2D eigenvalue weighted by Crippen LogP contribution is 2.27. The van der Waals surface area contributed by atoms with Crippen LogP contribution in [-0.4, -0.2) is 47.7 Å². The third-order valence-electron chi connectivity index (χ3n) is 4.17. The molecule has 1 fully saturated rings. The summed E-state index contributed by atoms with van der Waals surface area (Å²) in [7, 11) is 1.50. The Bertz CT molecular complexity index is 831. The molecule has 0 spiro atoms. The van der Waals surface area contributed by atoms with Crippen LogP contribution >= 0.6 is 23.2 Å². The quantitative estimate of drug-likeness (QED) is 0.728. The van der Waals surface area contributed by atoms with Gasteiger partial charge < -0.3 is 19.7 Å². The summed E-state index contributed by atoms with van der Waals surface area (Å²) in [6.07, 6.45) is 3.41. The molecule has 0 aliphatic carbocycles. The van der Waals surface area contributed by atoms with Gasteiger partial charge in [-0.3, -0.25) is 4.79 Å². The van der Waals surface area contributed by atoms with Gasteiger partial charge >= 0.3 is 6.01 Å². The number of carbonyl (C=O) groups is 1. The lowest BCUT2D eigenvalue weighted by molar-refractivity contribution is -0.123. The molecule has 1 N–H and O–H groups in total. The minimum atomic E-state index is -0.329. The smallest absolute Gasteiger partial charge is 0.321 e. The van der Waals surface area contributed by atoms with Gasteiger partial charge in [-0.2, -0.15) is 15.0 Å². The molecule has 0 saturated carbocycles. The Morgan fingerprint density at radius 1 is 1.18 bits per heavy atom. The molecule has 0 radical (unpaired) electrons. The number of anilines is 1. The van der Waals surface area contributed by atoms with Gasteiger partial charge in [0.15, 0.2) is 12.4 Å². The third-order valence-corrected chi connectivity index (χ3v) is 4.70. The third kappa shape index (κ3) is 5.59. The summed E-state index contributed by atoms with van der Waals surface area (Å²) >= 11 is 11.9. The average Bonchev–Trinajstić information content (AvgIpc) is 2.72. The van der Waals surface area contributed by atoms with Gasteiger partial charge in [-0.25, -0.2) is 0 Å². The summed E-state index contributed by atoms with van der Waals surface area (Å²) in [5.41, 5.74) is 0. The van der Waals surface area contributed by atoms with Crippen LogP contribution in [0.2, 0.25) is 10.0 Å². The second kappa shape index (κ2) is 9.75. The molecular weight excluding hydrogens is 405 g/mol. The predicted octanol–water partition coefficient (Wildman–Crippen LogP) is 2.87. The highest BCUT2D eigenvalue weighted by Gasteiger charge is 2.17. The lowest BCUT2D eigenvalue weighted by atomic mass is 10.1. The van der Waals surface area contributed by atoms with Gasteiger partial charge in [0.25, 0.3) is 5.91 Å². The highest BCUT2D eigenvalue weighted by atomic mass is 35.5. The van der Waals surface area contributed by atoms with Crippen molar-refractivity contribution in [1.82, 2.24) is 20.3 Å². The number of hydrogen-bond donors (Lipinski definition) is 1. The number of halogens is 2. The first-order valence-electron chi connectivity index (χ1n) is 8.93. The van der Waals surface area contributed by atoms with Gasteiger partial charge in [-0.05, 0) is 37.5 Å². The van der Waals surface area contributed by atoms with Crippen molar-refractivity contribution in [1.29, 1.82) is 0 Å². The molecule has 2 aromatic rings. The Kier molecular flexibility index (Phi) is 7.11. The van der Waals surface area contributed by atoms with Crippen molar-refractivity contribution < 1.29 is 14.3 Å². The maximum absolute atomic E-state index is 12.1. The number of ether oxygens (including phenoxy) is 2. The minimum Gasteiger partial charge on any atom is -0.482 e. The molecule has 8 nitrogen and oxygen atoms in total. The molecule has 0 atom stereocenters. The molecule has 28 heavy (non-hydrogen) atoms. The van der Waals surface area contributed by atoms with Crippen molar-refractivity contribution >= 4 is 35.1 Å². The summed E-state index contributed by atoms with van der Waals surface area (Å²) in [5.74, 6) is 1.05. The van der Waals surface area contributed by atoms with Crippen LogP contribution in [0, 0.1) is 0 Å². The summed E-state index contributed by atoms with van der Waals surface area (Å²) in [6.45, 7) is 1.74. The molecule has 150 valence electrons. The van der Waals surface area contributed by atoms with Crippen molar-refractivity contribution in [3.8, 4) is 11.8 Å². The predicted molar refractivity (Wildman–Crippen MR) is 106 cm³/mol. The van der Waals surface area contributed by atoms with Gasteiger partial charge in [0, 0.05) is 18.1 Å². The Hall–Kier alpha value is -2.32. The Balaban J connectivity index is 1.57. The highest BCUT2D eigenvalue weighted by molar-refractivity contribution is 6.35. The van der Waals surface area contributed by atoms with Crippen LogP contribution in [0.3, 0.4) is 0 Å². The number of carbonyl (C=O) groups excluding carboxylic acids is 1. The molecule has 1 amide bonds. The van der Waals surface area contributed by atoms with E-state index in [9.17, 15) is 4.79 Å². The molecule has 1 aliphatic rings. The van der Waals surface area contributed by atoms with E-state index < -0.39 is 0 Å². The zero-order valence-corrected chi connectivity index (χ0v) is 17.0. The number of aromatic nitrogens is 3. The first-order chi connectivity index (χ1) is 13.5. The van der Waals surface area contributed by atoms with Gasteiger partial charge in [-0.1, -0.05) is 23.2 Å². The van der Waals surface area contributed by atoms with Crippen LogP contribution in [0.15, 0.2) is 18.2 Å². The van der Waals surface area contributed by atoms with E-state index >= 15 is 0 Å². The molecule has 1 aromatic heterocycles. The zero-order valence-electron chi connectivity index (χ0n) is 15.5. The number of amides is 1. The van der Waals surface area contributed by atoms with E-state index in [4.69, 9.17) is 32.7 Å². The fourth-order valence-corrected chi connectivity index (χ4v) is 3.22. The number of methoxy groups -OCH3 is 1. The van der Waals surface area contributed by atoms with Crippen molar-refractivity contribution in [2.75, 3.05) is 31.7 Å². The van der Waals surface area contributed by atoms with Crippen molar-refractivity contribution in [3.05, 3.63) is 34.1 Å². The normalized spacial score (nSPS) is 13.9. The second-order valence-electron chi connectivity index (χ2n) is 6.23. The fourth-order valence-electron chi connectivity index (χ4n) is 2.76. The number of piperidine rings is 1. The molecule has 0 unspecified atom stereocenters. The number of nitrogens with zero attached hydrogens (tertiary/aromatic N) is 4. The first-order valence-corrected chi connectivity index (χ1v) is 9.69. The van der Waals surface area contributed by atoms with E-state index in [1.165, 1.54) is 13.5 Å². The van der Waals surface area contributed by atoms with E-state index in [0.717, 1.165) is 25.9 Å². The van der Waals surface area contributed by atoms with E-state index in [2.05, 4.69) is 25.2 Å². The van der Waals surface area contributed by atoms with E-state index in [1.807, 2.05) is 0 Å². The fraction of sp³-hybridized carbons (Fsp3) is 0.444. The molecule has 1 aromatic carbocycles. The largest absolute Gasteiger partial charge is 0.482 e. The molecule has 10 heteroatoms. The SMILES string of the molecule is COc1nc(CNC(=O)COc2ccc(Cl)cc2Cl)nc(N2CCCCC2)n1. The standard InChI is InChI=1S/C18H21Cl2N5O3/c1-27-18-23-15(22-17(24-18)25-7-3-2-4-8-25)10-21-16(26)11-28-14-6-5-12(19)9-13(14)20/h5-6,9H,2-4,7-8,10-11H2,1H3,(H,21,26). The number of benzene rings is 1. The lowest BCUT2D eigenvalue weighted by Gasteiger charge is -2.26. The van der Waals surface area contributed by atoms with Gasteiger partial charge in [0.2, 0.25) is 5.95 Å². The monoisotopic (exact) mass is 425 g/mol. The van der Waals surface area contributed by atoms with Crippen LogP contribution < -0.4 is 19.7 Å². The van der Waals surface area contributed by atoms with Crippen molar-refractivity contribution in [3.63, 3.8) is 0 Å². The summed E-state index contributed by atoms with van der Waals surface area (Å²) in [4.78, 5) is 27.2. The van der Waals surface area contributed by atoms with Gasteiger partial charge in [0.1, 0.15) is 5.75 Å².